The van der Waals surface area contributed by atoms with Gasteiger partial charge in [0.25, 0.3) is 0 Å². The molecule has 0 saturated carbocycles. The molecule has 0 heterocycles. The summed E-state index contributed by atoms with van der Waals surface area (Å²) in [4.78, 5) is 0.401. The predicted molar refractivity (Wildman–Crippen MR) is 100.0 cm³/mol. The second kappa shape index (κ2) is 7.49. The maximum absolute atomic E-state index is 12.6. The molecule has 0 bridgehead atoms. The molecule has 0 aromatic heterocycles. The molecule has 1 aromatic rings. The summed E-state index contributed by atoms with van der Waals surface area (Å²) in [5, 5.41) is 0.132. The highest BCUT2D eigenvalue weighted by Crippen LogP contribution is 2.37. The van der Waals surface area contributed by atoms with Crippen LogP contribution in [0.25, 0.3) is 0 Å². The fraction of sp³-hybridized carbons (Fsp3) is 0.667. The summed E-state index contributed by atoms with van der Waals surface area (Å²) in [6, 6.07) is 8.70. The molecule has 132 valence electrons. The van der Waals surface area contributed by atoms with E-state index in [1.165, 1.54) is 0 Å². The van der Waals surface area contributed by atoms with Gasteiger partial charge in [-0.1, -0.05) is 52.8 Å². The lowest BCUT2D eigenvalue weighted by atomic mass is 9.99. The van der Waals surface area contributed by atoms with Crippen LogP contribution in [0.2, 0.25) is 18.1 Å². The van der Waals surface area contributed by atoms with Gasteiger partial charge in [0.05, 0.1) is 10.6 Å². The van der Waals surface area contributed by atoms with Gasteiger partial charge in [-0.05, 0) is 42.1 Å². The van der Waals surface area contributed by atoms with Crippen LogP contribution in [0, 0.1) is 11.8 Å². The Morgan fingerprint density at radius 2 is 1.61 bits per heavy atom. The lowest BCUT2D eigenvalue weighted by molar-refractivity contribution is 0.207. The second-order valence-electron chi connectivity index (χ2n) is 8.17. The van der Waals surface area contributed by atoms with Crippen LogP contribution in [0.15, 0.2) is 35.2 Å². The Balaban J connectivity index is 2.85. The molecule has 23 heavy (non-hydrogen) atoms. The first-order chi connectivity index (χ1) is 10.4. The van der Waals surface area contributed by atoms with Crippen molar-refractivity contribution in [3.8, 4) is 0 Å². The van der Waals surface area contributed by atoms with Crippen molar-refractivity contribution in [2.45, 2.75) is 57.6 Å². The molecular formula is C18H32O3SSi. The van der Waals surface area contributed by atoms with Crippen molar-refractivity contribution in [1.29, 1.82) is 0 Å². The molecule has 3 nitrogen and oxygen atoms in total. The van der Waals surface area contributed by atoms with Gasteiger partial charge >= 0.3 is 0 Å². The molecule has 1 unspecified atom stereocenters. The smallest absolute Gasteiger partial charge is 0.191 e. The largest absolute Gasteiger partial charge is 0.417 e. The van der Waals surface area contributed by atoms with E-state index in [1.54, 1.807) is 24.3 Å². The molecule has 0 amide bonds. The van der Waals surface area contributed by atoms with Crippen LogP contribution in [0.3, 0.4) is 0 Å². The van der Waals surface area contributed by atoms with Crippen LogP contribution in [0.5, 0.6) is 0 Å². The summed E-state index contributed by atoms with van der Waals surface area (Å²) in [5.74, 6) is 0.413. The Bertz CT molecular complexity index is 586. The average molecular weight is 357 g/mol. The van der Waals surface area contributed by atoms with Gasteiger partial charge in [-0.25, -0.2) is 8.42 Å². The maximum atomic E-state index is 12.6. The fourth-order valence-corrected chi connectivity index (χ4v) is 4.84. The van der Waals surface area contributed by atoms with E-state index in [1.807, 2.05) is 6.07 Å². The van der Waals surface area contributed by atoms with Crippen LogP contribution < -0.4 is 0 Å². The van der Waals surface area contributed by atoms with E-state index in [9.17, 15) is 8.42 Å². The van der Waals surface area contributed by atoms with Gasteiger partial charge in [0.15, 0.2) is 18.2 Å². The standard InChI is InChI=1S/C18H32O3SSi/c1-15(2)16(13-21-23(6,7)18(3,4)5)14-22(19,20)17-11-9-8-10-12-17/h8-12,15-16H,13-14H2,1-7H3. The molecule has 0 saturated heterocycles. The lowest BCUT2D eigenvalue weighted by Gasteiger charge is -2.37. The average Bonchev–Trinajstić information content (AvgIpc) is 2.43. The Hall–Kier alpha value is -0.653. The normalized spacial score (nSPS) is 15.0. The van der Waals surface area contributed by atoms with Crippen LogP contribution >= 0.6 is 0 Å². The molecular weight excluding hydrogens is 324 g/mol. The summed E-state index contributed by atoms with van der Waals surface area (Å²) < 4.78 is 31.5. The first kappa shape index (κ1) is 20.4. The summed E-state index contributed by atoms with van der Waals surface area (Å²) in [6.07, 6.45) is 0. The van der Waals surface area contributed by atoms with E-state index in [2.05, 4.69) is 47.7 Å². The van der Waals surface area contributed by atoms with E-state index in [0.29, 0.717) is 11.5 Å². The Morgan fingerprint density at radius 1 is 1.09 bits per heavy atom. The molecule has 0 fully saturated rings. The lowest BCUT2D eigenvalue weighted by Crippen LogP contribution is -2.43. The van der Waals surface area contributed by atoms with Crippen molar-refractivity contribution < 1.29 is 12.8 Å². The Morgan fingerprint density at radius 3 is 2.04 bits per heavy atom. The van der Waals surface area contributed by atoms with Crippen molar-refractivity contribution in [3.63, 3.8) is 0 Å². The van der Waals surface area contributed by atoms with Crippen molar-refractivity contribution in [2.75, 3.05) is 12.4 Å². The molecule has 1 atom stereocenters. The van der Waals surface area contributed by atoms with Crippen LogP contribution in [-0.4, -0.2) is 29.1 Å². The first-order valence-corrected chi connectivity index (χ1v) is 12.8. The zero-order valence-electron chi connectivity index (χ0n) is 15.6. The summed E-state index contributed by atoms with van der Waals surface area (Å²) in [5.41, 5.74) is 0. The van der Waals surface area contributed by atoms with Crippen molar-refractivity contribution >= 4 is 18.2 Å². The van der Waals surface area contributed by atoms with E-state index in [-0.39, 0.29) is 22.6 Å². The van der Waals surface area contributed by atoms with E-state index < -0.39 is 18.2 Å². The van der Waals surface area contributed by atoms with Gasteiger partial charge in [-0.3, -0.25) is 0 Å². The minimum atomic E-state index is -3.27. The second-order valence-corrected chi connectivity index (χ2v) is 15.0. The van der Waals surface area contributed by atoms with Gasteiger partial charge in [-0.15, -0.1) is 0 Å². The highest BCUT2D eigenvalue weighted by Gasteiger charge is 2.38. The van der Waals surface area contributed by atoms with Crippen LogP contribution in [-0.2, 0) is 14.3 Å². The summed E-state index contributed by atoms with van der Waals surface area (Å²) in [6.45, 7) is 15.7. The first-order valence-electron chi connectivity index (χ1n) is 8.28. The minimum absolute atomic E-state index is 0.00864. The van der Waals surface area contributed by atoms with Gasteiger partial charge in [-0.2, -0.15) is 0 Å². The highest BCUT2D eigenvalue weighted by molar-refractivity contribution is 7.91. The van der Waals surface area contributed by atoms with Crippen LogP contribution in [0.1, 0.15) is 34.6 Å². The fourth-order valence-electron chi connectivity index (χ4n) is 1.97. The SMILES string of the molecule is CC(C)C(CO[Si](C)(C)C(C)(C)C)CS(=O)(=O)c1ccccc1. The molecule has 0 aliphatic heterocycles. The minimum Gasteiger partial charge on any atom is -0.417 e. The third kappa shape index (κ3) is 5.73. The van der Waals surface area contributed by atoms with Gasteiger partial charge in [0.2, 0.25) is 0 Å². The van der Waals surface area contributed by atoms with Crippen molar-refractivity contribution in [1.82, 2.24) is 0 Å². The third-order valence-corrected chi connectivity index (χ3v) is 11.3. The molecule has 1 aromatic carbocycles. The predicted octanol–water partition coefficient (Wildman–Crippen LogP) is 4.75. The van der Waals surface area contributed by atoms with Crippen molar-refractivity contribution in [3.05, 3.63) is 30.3 Å². The zero-order chi connectivity index (χ0) is 17.9. The Labute approximate surface area is 143 Å². The van der Waals surface area contributed by atoms with Gasteiger partial charge in [0.1, 0.15) is 0 Å². The maximum Gasteiger partial charge on any atom is 0.191 e. The van der Waals surface area contributed by atoms with E-state index in [0.717, 1.165) is 0 Å². The third-order valence-electron chi connectivity index (χ3n) is 4.94. The van der Waals surface area contributed by atoms with Crippen LogP contribution in [0.4, 0.5) is 0 Å². The molecule has 0 spiro atoms. The molecule has 0 radical (unpaired) electrons. The quantitative estimate of drug-likeness (QED) is 0.662. The molecule has 0 N–H and O–H groups in total. The summed E-state index contributed by atoms with van der Waals surface area (Å²) >= 11 is 0. The molecule has 0 aliphatic carbocycles. The monoisotopic (exact) mass is 356 g/mol. The van der Waals surface area contributed by atoms with Crippen molar-refractivity contribution in [2.24, 2.45) is 11.8 Å². The molecule has 1 rings (SSSR count). The number of rotatable bonds is 7. The van der Waals surface area contributed by atoms with E-state index in [4.69, 9.17) is 4.43 Å². The van der Waals surface area contributed by atoms with Gasteiger partial charge < -0.3 is 4.43 Å². The number of sulfone groups is 1. The number of hydrogen-bond donors (Lipinski definition) is 0. The number of hydrogen-bond acceptors (Lipinski definition) is 3. The topological polar surface area (TPSA) is 43.4 Å². The summed E-state index contributed by atoms with van der Waals surface area (Å²) in [7, 11) is -5.14. The molecule has 5 heteroatoms. The zero-order valence-corrected chi connectivity index (χ0v) is 17.4. The van der Waals surface area contributed by atoms with Gasteiger partial charge in [0, 0.05) is 6.61 Å². The number of benzene rings is 1. The molecule has 0 aliphatic rings. The highest BCUT2D eigenvalue weighted by atomic mass is 32.2. The van der Waals surface area contributed by atoms with E-state index >= 15 is 0 Å². The Kier molecular flexibility index (Phi) is 6.64.